The Labute approximate surface area is 111 Å². The molecule has 18 heavy (non-hydrogen) atoms. The zero-order chi connectivity index (χ0) is 13.0. The van der Waals surface area contributed by atoms with Crippen LogP contribution < -0.4 is 5.32 Å². The van der Waals surface area contributed by atoms with Crippen LogP contribution in [0.3, 0.4) is 0 Å². The summed E-state index contributed by atoms with van der Waals surface area (Å²) in [6.07, 6.45) is 2.79. The summed E-state index contributed by atoms with van der Waals surface area (Å²) in [5, 5.41) is 7.45. The number of aromatic nitrogens is 3. The second kappa shape index (κ2) is 6.06. The van der Waals surface area contributed by atoms with E-state index in [0.717, 1.165) is 17.8 Å². The zero-order valence-electron chi connectivity index (χ0n) is 10.9. The minimum absolute atomic E-state index is 0.212. The third kappa shape index (κ3) is 2.76. The molecule has 0 radical (unpaired) electrons. The standard InChI is InChI=1S/C12H18N4OS/c1-4-9(14-5-2)8(3)12-15-11(16-17-12)10-6-13-7-18-10/h6-9,14H,4-5H2,1-3H3. The van der Waals surface area contributed by atoms with Gasteiger partial charge in [0.1, 0.15) is 0 Å². The Balaban J connectivity index is 2.14. The maximum Gasteiger partial charge on any atom is 0.231 e. The molecule has 5 nitrogen and oxygen atoms in total. The fourth-order valence-electron chi connectivity index (χ4n) is 1.96. The van der Waals surface area contributed by atoms with Crippen molar-refractivity contribution >= 4 is 11.3 Å². The average Bonchev–Trinajstić information content (AvgIpc) is 3.04. The SMILES string of the molecule is CCNC(CC)C(C)c1nc(-c2cncs2)no1. The van der Waals surface area contributed by atoms with E-state index in [9.17, 15) is 0 Å². The van der Waals surface area contributed by atoms with Crippen molar-refractivity contribution in [3.05, 3.63) is 17.6 Å². The Morgan fingerprint density at radius 1 is 1.44 bits per heavy atom. The second-order valence-corrected chi connectivity index (χ2v) is 5.07. The molecule has 0 aliphatic carbocycles. The molecule has 0 saturated heterocycles. The maximum absolute atomic E-state index is 5.36. The number of thiazole rings is 1. The first-order chi connectivity index (χ1) is 8.76. The Morgan fingerprint density at radius 3 is 2.89 bits per heavy atom. The van der Waals surface area contributed by atoms with Crippen LogP contribution in [0.5, 0.6) is 0 Å². The first-order valence-corrected chi connectivity index (χ1v) is 7.10. The van der Waals surface area contributed by atoms with Crippen LogP contribution in [0.4, 0.5) is 0 Å². The van der Waals surface area contributed by atoms with Crippen molar-refractivity contribution in [3.63, 3.8) is 0 Å². The van der Waals surface area contributed by atoms with Crippen LogP contribution in [0.25, 0.3) is 10.7 Å². The predicted molar refractivity (Wildman–Crippen MR) is 71.6 cm³/mol. The van der Waals surface area contributed by atoms with Crippen LogP contribution >= 0.6 is 11.3 Å². The van der Waals surface area contributed by atoms with Gasteiger partial charge in [-0.3, -0.25) is 4.98 Å². The molecule has 0 aliphatic heterocycles. The van der Waals surface area contributed by atoms with Crippen molar-refractivity contribution in [2.45, 2.75) is 39.2 Å². The van der Waals surface area contributed by atoms with Crippen molar-refractivity contribution in [2.24, 2.45) is 0 Å². The van der Waals surface area contributed by atoms with E-state index >= 15 is 0 Å². The van der Waals surface area contributed by atoms with Gasteiger partial charge in [0.2, 0.25) is 11.7 Å². The van der Waals surface area contributed by atoms with Crippen LogP contribution in [0, 0.1) is 0 Å². The molecule has 0 fully saturated rings. The lowest BCUT2D eigenvalue weighted by molar-refractivity contribution is 0.321. The van der Waals surface area contributed by atoms with Gasteiger partial charge in [-0.05, 0) is 13.0 Å². The van der Waals surface area contributed by atoms with E-state index in [1.807, 2.05) is 0 Å². The fourth-order valence-corrected chi connectivity index (χ4v) is 2.50. The first kappa shape index (κ1) is 13.2. The highest BCUT2D eigenvalue weighted by Gasteiger charge is 2.22. The molecule has 2 heterocycles. The van der Waals surface area contributed by atoms with Gasteiger partial charge in [0.25, 0.3) is 0 Å². The highest BCUT2D eigenvalue weighted by molar-refractivity contribution is 7.13. The third-order valence-corrected chi connectivity index (χ3v) is 3.76. The lowest BCUT2D eigenvalue weighted by Crippen LogP contribution is -2.33. The van der Waals surface area contributed by atoms with E-state index in [1.165, 1.54) is 11.3 Å². The molecule has 0 saturated carbocycles. The lowest BCUT2D eigenvalue weighted by atomic mass is 9.99. The minimum atomic E-state index is 0.212. The largest absolute Gasteiger partial charge is 0.339 e. The summed E-state index contributed by atoms with van der Waals surface area (Å²) in [5.74, 6) is 1.53. The van der Waals surface area contributed by atoms with Gasteiger partial charge in [-0.25, -0.2) is 0 Å². The van der Waals surface area contributed by atoms with Gasteiger partial charge in [0.05, 0.1) is 16.3 Å². The molecule has 2 aromatic heterocycles. The molecular formula is C12H18N4OS. The third-order valence-electron chi connectivity index (χ3n) is 2.99. The number of hydrogen-bond donors (Lipinski definition) is 1. The van der Waals surface area contributed by atoms with Crippen molar-refractivity contribution in [1.82, 2.24) is 20.4 Å². The number of hydrogen-bond acceptors (Lipinski definition) is 6. The molecule has 98 valence electrons. The summed E-state index contributed by atoms with van der Waals surface area (Å²) in [4.78, 5) is 9.41. The van der Waals surface area contributed by atoms with Gasteiger partial charge >= 0.3 is 0 Å². The highest BCUT2D eigenvalue weighted by atomic mass is 32.1. The van der Waals surface area contributed by atoms with Crippen LogP contribution in [-0.2, 0) is 0 Å². The van der Waals surface area contributed by atoms with Crippen molar-refractivity contribution < 1.29 is 4.52 Å². The predicted octanol–water partition coefficient (Wildman–Crippen LogP) is 2.68. The zero-order valence-corrected chi connectivity index (χ0v) is 11.7. The summed E-state index contributed by atoms with van der Waals surface area (Å²) < 4.78 is 5.36. The number of nitrogens with one attached hydrogen (secondary N) is 1. The number of likely N-dealkylation sites (N-methyl/N-ethyl adjacent to an activating group) is 1. The van der Waals surface area contributed by atoms with Crippen molar-refractivity contribution in [1.29, 1.82) is 0 Å². The van der Waals surface area contributed by atoms with Crippen LogP contribution in [0.15, 0.2) is 16.2 Å². The fraction of sp³-hybridized carbons (Fsp3) is 0.583. The van der Waals surface area contributed by atoms with Gasteiger partial charge in [-0.2, -0.15) is 4.98 Å². The monoisotopic (exact) mass is 266 g/mol. The molecule has 1 N–H and O–H groups in total. The molecule has 0 amide bonds. The highest BCUT2D eigenvalue weighted by Crippen LogP contribution is 2.24. The van der Waals surface area contributed by atoms with E-state index in [1.54, 1.807) is 11.7 Å². The Hall–Kier alpha value is -1.27. The summed E-state index contributed by atoms with van der Waals surface area (Å²) >= 11 is 1.51. The maximum atomic E-state index is 5.36. The number of nitrogens with zero attached hydrogens (tertiary/aromatic N) is 3. The molecule has 2 atom stereocenters. The van der Waals surface area contributed by atoms with E-state index < -0.39 is 0 Å². The Kier molecular flexibility index (Phi) is 4.43. The molecular weight excluding hydrogens is 248 g/mol. The van der Waals surface area contributed by atoms with Crippen molar-refractivity contribution in [2.75, 3.05) is 6.54 Å². The summed E-state index contributed by atoms with van der Waals surface area (Å²) in [5.41, 5.74) is 1.77. The van der Waals surface area contributed by atoms with Gasteiger partial charge in [-0.15, -0.1) is 11.3 Å². The van der Waals surface area contributed by atoms with Crippen LogP contribution in [0.1, 0.15) is 39.0 Å². The first-order valence-electron chi connectivity index (χ1n) is 6.22. The topological polar surface area (TPSA) is 63.8 Å². The van der Waals surface area contributed by atoms with E-state index in [4.69, 9.17) is 4.52 Å². The lowest BCUT2D eigenvalue weighted by Gasteiger charge is -2.20. The molecule has 2 rings (SSSR count). The van der Waals surface area contributed by atoms with Crippen molar-refractivity contribution in [3.8, 4) is 10.7 Å². The minimum Gasteiger partial charge on any atom is -0.339 e. The van der Waals surface area contributed by atoms with Gasteiger partial charge < -0.3 is 9.84 Å². The normalized spacial score (nSPS) is 14.6. The molecule has 2 unspecified atom stereocenters. The Bertz CT molecular complexity index is 468. The molecule has 0 bridgehead atoms. The van der Waals surface area contributed by atoms with E-state index in [2.05, 4.69) is 41.2 Å². The van der Waals surface area contributed by atoms with Gasteiger partial charge in [-0.1, -0.05) is 25.9 Å². The second-order valence-electron chi connectivity index (χ2n) is 4.18. The van der Waals surface area contributed by atoms with Gasteiger partial charge in [0.15, 0.2) is 0 Å². The van der Waals surface area contributed by atoms with E-state index in [-0.39, 0.29) is 5.92 Å². The smallest absolute Gasteiger partial charge is 0.231 e. The molecule has 0 aliphatic rings. The van der Waals surface area contributed by atoms with Gasteiger partial charge in [0, 0.05) is 12.2 Å². The molecule has 0 aromatic carbocycles. The summed E-state index contributed by atoms with van der Waals surface area (Å²) in [7, 11) is 0. The Morgan fingerprint density at radius 2 is 2.28 bits per heavy atom. The van der Waals surface area contributed by atoms with E-state index in [0.29, 0.717) is 17.8 Å². The average molecular weight is 266 g/mol. The summed E-state index contributed by atoms with van der Waals surface area (Å²) in [6.45, 7) is 7.32. The molecule has 2 aromatic rings. The molecule has 6 heteroatoms. The van der Waals surface area contributed by atoms with Crippen LogP contribution in [0.2, 0.25) is 0 Å². The summed E-state index contributed by atoms with van der Waals surface area (Å²) in [6, 6.07) is 0.366. The number of rotatable bonds is 6. The quantitative estimate of drug-likeness (QED) is 0.871. The molecule has 0 spiro atoms. The van der Waals surface area contributed by atoms with Crippen LogP contribution in [-0.4, -0.2) is 27.7 Å².